The van der Waals surface area contributed by atoms with Crippen molar-refractivity contribution in [1.82, 2.24) is 9.99 Å². The van der Waals surface area contributed by atoms with Crippen LogP contribution in [0.3, 0.4) is 0 Å². The molecule has 1 N–H and O–H groups in total. The Kier molecular flexibility index (Phi) is 7.66. The summed E-state index contributed by atoms with van der Waals surface area (Å²) in [5.74, 6) is -0.364. The highest BCUT2D eigenvalue weighted by molar-refractivity contribution is 5.92. The van der Waals surface area contributed by atoms with Gasteiger partial charge in [0.05, 0.1) is 11.1 Å². The lowest BCUT2D eigenvalue weighted by atomic mass is 10.2. The molecule has 194 valence electrons. The molecule has 0 radical (unpaired) electrons. The van der Waals surface area contributed by atoms with Crippen LogP contribution in [0.15, 0.2) is 76.2 Å². The molecule has 1 amide bonds. The minimum Gasteiger partial charge on any atom is -0.486 e. The fourth-order valence-electron chi connectivity index (χ4n) is 3.72. The molecule has 38 heavy (non-hydrogen) atoms. The number of carbonyl (C=O) groups excluding carboxylic acids is 2. The van der Waals surface area contributed by atoms with E-state index in [0.717, 1.165) is 24.0 Å². The summed E-state index contributed by atoms with van der Waals surface area (Å²) in [5, 5.41) is 15.0. The van der Waals surface area contributed by atoms with Gasteiger partial charge in [0.25, 0.3) is 0 Å². The topological polar surface area (TPSA) is 138 Å². The van der Waals surface area contributed by atoms with Crippen molar-refractivity contribution >= 4 is 23.8 Å². The maximum absolute atomic E-state index is 12.4. The first-order chi connectivity index (χ1) is 18.2. The molecule has 0 saturated heterocycles. The van der Waals surface area contributed by atoms with E-state index in [1.807, 2.05) is 38.1 Å². The highest BCUT2D eigenvalue weighted by atomic mass is 16.6. The summed E-state index contributed by atoms with van der Waals surface area (Å²) in [5.41, 5.74) is 5.52. The monoisotopic (exact) mass is 516 g/mol. The SMILES string of the molecule is CC(=O)Oc1ccc(/C=N/NC(=O)c2ccc(COc3ccc(-n4c(C)ccc4C)cc3)o2)cc1[N+](=O)[O-]. The molecular weight excluding hydrogens is 492 g/mol. The molecule has 0 bridgehead atoms. The van der Waals surface area contributed by atoms with Crippen LogP contribution in [0.25, 0.3) is 5.69 Å². The minimum absolute atomic E-state index is 0.0193. The Labute approximate surface area is 217 Å². The van der Waals surface area contributed by atoms with Crippen LogP contribution in [0.2, 0.25) is 0 Å². The van der Waals surface area contributed by atoms with E-state index in [1.54, 1.807) is 6.07 Å². The third-order valence-electron chi connectivity index (χ3n) is 5.45. The molecule has 2 heterocycles. The number of furan rings is 1. The molecule has 0 fully saturated rings. The second-order valence-electron chi connectivity index (χ2n) is 8.28. The van der Waals surface area contributed by atoms with Gasteiger partial charge >= 0.3 is 17.6 Å². The van der Waals surface area contributed by atoms with Crippen molar-refractivity contribution in [3.63, 3.8) is 0 Å². The molecular formula is C27H24N4O7. The molecule has 0 unspecified atom stereocenters. The van der Waals surface area contributed by atoms with Crippen molar-refractivity contribution in [3.05, 3.63) is 105 Å². The van der Waals surface area contributed by atoms with Crippen molar-refractivity contribution in [1.29, 1.82) is 0 Å². The van der Waals surface area contributed by atoms with Gasteiger partial charge in [-0.1, -0.05) is 0 Å². The number of hydrogen-bond acceptors (Lipinski definition) is 8. The molecule has 2 aromatic carbocycles. The molecule has 0 aliphatic rings. The van der Waals surface area contributed by atoms with Gasteiger partial charge in [0.1, 0.15) is 18.1 Å². The Morgan fingerprint density at radius 2 is 1.76 bits per heavy atom. The van der Waals surface area contributed by atoms with Crippen LogP contribution in [-0.2, 0) is 11.4 Å². The number of amides is 1. The Hall–Kier alpha value is -5.19. The second kappa shape index (κ2) is 11.2. The number of aromatic nitrogens is 1. The summed E-state index contributed by atoms with van der Waals surface area (Å²) in [4.78, 5) is 34.0. The van der Waals surface area contributed by atoms with Crippen molar-refractivity contribution in [3.8, 4) is 17.2 Å². The van der Waals surface area contributed by atoms with Gasteiger partial charge < -0.3 is 18.5 Å². The van der Waals surface area contributed by atoms with Crippen molar-refractivity contribution < 1.29 is 28.4 Å². The van der Waals surface area contributed by atoms with Crippen LogP contribution in [-0.4, -0.2) is 27.6 Å². The summed E-state index contributed by atoms with van der Waals surface area (Å²) in [7, 11) is 0. The van der Waals surface area contributed by atoms with Gasteiger partial charge in [-0.05, 0) is 74.5 Å². The summed E-state index contributed by atoms with van der Waals surface area (Å²) in [6.07, 6.45) is 1.22. The molecule has 0 aliphatic carbocycles. The lowest BCUT2D eigenvalue weighted by Crippen LogP contribution is -2.16. The molecule has 11 heteroatoms. The predicted molar refractivity (Wildman–Crippen MR) is 138 cm³/mol. The third-order valence-corrected chi connectivity index (χ3v) is 5.45. The summed E-state index contributed by atoms with van der Waals surface area (Å²) >= 11 is 0. The number of hydrogen-bond donors (Lipinski definition) is 1. The maximum atomic E-state index is 12.4. The first-order valence-corrected chi connectivity index (χ1v) is 11.5. The van der Waals surface area contributed by atoms with Crippen molar-refractivity contribution in [2.45, 2.75) is 27.4 Å². The van der Waals surface area contributed by atoms with E-state index in [9.17, 15) is 19.7 Å². The molecule has 4 rings (SSSR count). The van der Waals surface area contributed by atoms with Gasteiger partial charge in [-0.25, -0.2) is 5.43 Å². The second-order valence-corrected chi connectivity index (χ2v) is 8.28. The number of aryl methyl sites for hydroxylation is 2. The number of ether oxygens (including phenoxy) is 2. The van der Waals surface area contributed by atoms with E-state index in [4.69, 9.17) is 13.9 Å². The summed E-state index contributed by atoms with van der Waals surface area (Å²) < 4.78 is 18.3. The largest absolute Gasteiger partial charge is 0.486 e. The van der Waals surface area contributed by atoms with E-state index >= 15 is 0 Å². The Morgan fingerprint density at radius 1 is 1.05 bits per heavy atom. The summed E-state index contributed by atoms with van der Waals surface area (Å²) in [6, 6.07) is 18.8. The van der Waals surface area contributed by atoms with E-state index in [-0.39, 0.29) is 18.1 Å². The van der Waals surface area contributed by atoms with Crippen LogP contribution < -0.4 is 14.9 Å². The number of nitro benzene ring substituents is 1. The van der Waals surface area contributed by atoms with E-state index in [2.05, 4.69) is 27.2 Å². The van der Waals surface area contributed by atoms with Crippen LogP contribution in [0.4, 0.5) is 5.69 Å². The number of hydrazone groups is 1. The van der Waals surface area contributed by atoms with Gasteiger partial charge in [-0.15, -0.1) is 0 Å². The zero-order valence-corrected chi connectivity index (χ0v) is 20.8. The minimum atomic E-state index is -0.681. The molecule has 2 aromatic heterocycles. The molecule has 0 atom stereocenters. The zero-order chi connectivity index (χ0) is 27.2. The smallest absolute Gasteiger partial charge is 0.312 e. The average Bonchev–Trinajstić information content (AvgIpc) is 3.49. The fourth-order valence-corrected chi connectivity index (χ4v) is 3.72. The number of nitrogens with one attached hydrogen (secondary N) is 1. The normalized spacial score (nSPS) is 10.9. The number of carbonyl (C=O) groups is 2. The standard InChI is InChI=1S/C27H24N4O7/c1-17-4-5-18(2)30(17)21-7-9-22(10-8-21)36-16-23-11-13-26(38-23)27(33)29-28-15-20-6-12-25(37-19(3)32)24(14-20)31(34)35/h4-15H,16H2,1-3H3,(H,29,33)/b28-15+. The van der Waals surface area contributed by atoms with Crippen LogP contribution in [0, 0.1) is 24.0 Å². The van der Waals surface area contributed by atoms with Crippen LogP contribution in [0.1, 0.15) is 40.2 Å². The predicted octanol–water partition coefficient (Wildman–Crippen LogP) is 4.86. The number of benzene rings is 2. The van der Waals surface area contributed by atoms with Gasteiger partial charge in [0, 0.05) is 35.6 Å². The first kappa shape index (κ1) is 25.9. The molecule has 11 nitrogen and oxygen atoms in total. The lowest BCUT2D eigenvalue weighted by Gasteiger charge is -2.10. The van der Waals surface area contributed by atoms with Gasteiger partial charge in [-0.2, -0.15) is 5.10 Å². The summed E-state index contributed by atoms with van der Waals surface area (Å²) in [6.45, 7) is 5.36. The van der Waals surface area contributed by atoms with E-state index in [1.165, 1.54) is 30.5 Å². The maximum Gasteiger partial charge on any atom is 0.312 e. The van der Waals surface area contributed by atoms with E-state index in [0.29, 0.717) is 17.1 Å². The Morgan fingerprint density at radius 3 is 2.42 bits per heavy atom. The highest BCUT2D eigenvalue weighted by Crippen LogP contribution is 2.27. The molecule has 0 saturated carbocycles. The van der Waals surface area contributed by atoms with Gasteiger partial charge in [0.15, 0.2) is 5.76 Å². The molecule has 0 aliphatic heterocycles. The lowest BCUT2D eigenvalue weighted by molar-refractivity contribution is -0.385. The Balaban J connectivity index is 1.32. The van der Waals surface area contributed by atoms with Crippen LogP contribution in [0.5, 0.6) is 11.5 Å². The first-order valence-electron chi connectivity index (χ1n) is 11.5. The van der Waals surface area contributed by atoms with Crippen LogP contribution >= 0.6 is 0 Å². The fraction of sp³-hybridized carbons (Fsp3) is 0.148. The van der Waals surface area contributed by atoms with Gasteiger partial charge in [-0.3, -0.25) is 19.7 Å². The van der Waals surface area contributed by atoms with Crippen molar-refractivity contribution in [2.75, 3.05) is 0 Å². The number of esters is 1. The number of nitro groups is 1. The average molecular weight is 517 g/mol. The molecule has 4 aromatic rings. The quantitative estimate of drug-likeness (QED) is 0.110. The number of rotatable bonds is 9. The van der Waals surface area contributed by atoms with Crippen molar-refractivity contribution in [2.24, 2.45) is 5.10 Å². The number of nitrogens with zero attached hydrogens (tertiary/aromatic N) is 3. The Bertz CT molecular complexity index is 1500. The third kappa shape index (κ3) is 6.13. The van der Waals surface area contributed by atoms with Gasteiger partial charge in [0.2, 0.25) is 5.75 Å². The zero-order valence-electron chi connectivity index (χ0n) is 20.8. The molecule has 0 spiro atoms. The van der Waals surface area contributed by atoms with E-state index < -0.39 is 22.5 Å². The highest BCUT2D eigenvalue weighted by Gasteiger charge is 2.17.